The standard InChI is InChI=1S/C14H19FN2O2/c1-2-19-14(18)17-9-7-11(8-10-17)16-13-6-4-3-5-12(13)15/h3-6,11,16H,2,7-10H2,1H3. The summed E-state index contributed by atoms with van der Waals surface area (Å²) >= 11 is 0. The van der Waals surface area contributed by atoms with Crippen LogP contribution in [0.3, 0.4) is 0 Å². The van der Waals surface area contributed by atoms with Gasteiger partial charge in [0.2, 0.25) is 0 Å². The maximum absolute atomic E-state index is 13.5. The Morgan fingerprint density at radius 3 is 2.74 bits per heavy atom. The quantitative estimate of drug-likeness (QED) is 0.914. The number of amides is 1. The van der Waals surface area contributed by atoms with Crippen LogP contribution in [-0.2, 0) is 4.74 Å². The predicted octanol–water partition coefficient (Wildman–Crippen LogP) is 2.86. The summed E-state index contributed by atoms with van der Waals surface area (Å²) in [6, 6.07) is 6.84. The smallest absolute Gasteiger partial charge is 0.409 e. The Hall–Kier alpha value is -1.78. The molecule has 2 rings (SSSR count). The van der Waals surface area contributed by atoms with Crippen molar-refractivity contribution in [3.8, 4) is 0 Å². The maximum Gasteiger partial charge on any atom is 0.409 e. The van der Waals surface area contributed by atoms with Crippen molar-refractivity contribution in [1.82, 2.24) is 4.90 Å². The van der Waals surface area contributed by atoms with Crippen LogP contribution >= 0.6 is 0 Å². The normalized spacial score (nSPS) is 16.2. The minimum Gasteiger partial charge on any atom is -0.450 e. The van der Waals surface area contributed by atoms with Crippen molar-refractivity contribution in [1.29, 1.82) is 0 Å². The lowest BCUT2D eigenvalue weighted by molar-refractivity contribution is 0.0983. The highest BCUT2D eigenvalue weighted by atomic mass is 19.1. The summed E-state index contributed by atoms with van der Waals surface area (Å²) in [7, 11) is 0. The Morgan fingerprint density at radius 1 is 1.42 bits per heavy atom. The molecule has 0 spiro atoms. The number of hydrogen-bond acceptors (Lipinski definition) is 3. The topological polar surface area (TPSA) is 41.6 Å². The number of anilines is 1. The van der Waals surface area contributed by atoms with E-state index < -0.39 is 0 Å². The lowest BCUT2D eigenvalue weighted by Crippen LogP contribution is -2.42. The van der Waals surface area contributed by atoms with Crippen LogP contribution in [0.5, 0.6) is 0 Å². The van der Waals surface area contributed by atoms with E-state index in [1.807, 2.05) is 0 Å². The molecule has 1 N–H and O–H groups in total. The Morgan fingerprint density at radius 2 is 2.11 bits per heavy atom. The molecule has 1 fully saturated rings. The molecule has 1 heterocycles. The Kier molecular flexibility index (Phi) is 4.60. The monoisotopic (exact) mass is 266 g/mol. The van der Waals surface area contributed by atoms with Gasteiger partial charge in [0.1, 0.15) is 5.82 Å². The maximum atomic E-state index is 13.5. The van der Waals surface area contributed by atoms with Gasteiger partial charge in [0.25, 0.3) is 0 Å². The van der Waals surface area contributed by atoms with Crippen LogP contribution in [0, 0.1) is 5.82 Å². The van der Waals surface area contributed by atoms with Gasteiger partial charge in [-0.05, 0) is 31.9 Å². The van der Waals surface area contributed by atoms with Gasteiger partial charge in [0, 0.05) is 19.1 Å². The number of ether oxygens (including phenoxy) is 1. The first-order valence-electron chi connectivity index (χ1n) is 6.63. The molecule has 0 radical (unpaired) electrons. The number of likely N-dealkylation sites (tertiary alicyclic amines) is 1. The zero-order valence-corrected chi connectivity index (χ0v) is 11.1. The van der Waals surface area contributed by atoms with Crippen LogP contribution in [0.4, 0.5) is 14.9 Å². The van der Waals surface area contributed by atoms with Gasteiger partial charge in [-0.2, -0.15) is 0 Å². The second kappa shape index (κ2) is 6.41. The van der Waals surface area contributed by atoms with Gasteiger partial charge in [-0.15, -0.1) is 0 Å². The van der Waals surface area contributed by atoms with E-state index in [9.17, 15) is 9.18 Å². The Balaban J connectivity index is 1.84. The molecule has 1 amide bonds. The van der Waals surface area contributed by atoms with E-state index in [-0.39, 0.29) is 18.0 Å². The fraction of sp³-hybridized carbons (Fsp3) is 0.500. The minimum absolute atomic E-state index is 0.197. The molecule has 0 bridgehead atoms. The van der Waals surface area contributed by atoms with Gasteiger partial charge in [-0.25, -0.2) is 9.18 Å². The summed E-state index contributed by atoms with van der Waals surface area (Å²) in [5, 5.41) is 3.19. The zero-order chi connectivity index (χ0) is 13.7. The first-order chi connectivity index (χ1) is 9.20. The van der Waals surface area contributed by atoms with Crippen LogP contribution in [-0.4, -0.2) is 36.7 Å². The number of para-hydroxylation sites is 1. The second-order valence-corrected chi connectivity index (χ2v) is 4.58. The third-order valence-corrected chi connectivity index (χ3v) is 3.25. The minimum atomic E-state index is -0.258. The number of rotatable bonds is 3. The highest BCUT2D eigenvalue weighted by molar-refractivity contribution is 5.67. The second-order valence-electron chi connectivity index (χ2n) is 4.58. The van der Waals surface area contributed by atoms with Crippen LogP contribution in [0.1, 0.15) is 19.8 Å². The molecular weight excluding hydrogens is 247 g/mol. The molecule has 0 unspecified atom stereocenters. The summed E-state index contributed by atoms with van der Waals surface area (Å²) in [4.78, 5) is 13.2. The number of benzene rings is 1. The number of halogens is 1. The van der Waals surface area contributed by atoms with E-state index in [1.54, 1.807) is 30.0 Å². The molecule has 0 aliphatic carbocycles. The van der Waals surface area contributed by atoms with Gasteiger partial charge in [-0.1, -0.05) is 12.1 Å². The molecule has 1 saturated heterocycles. The molecule has 1 aromatic rings. The van der Waals surface area contributed by atoms with E-state index in [0.29, 0.717) is 25.4 Å². The van der Waals surface area contributed by atoms with Gasteiger partial charge in [0.05, 0.1) is 12.3 Å². The number of hydrogen-bond donors (Lipinski definition) is 1. The molecule has 1 aromatic carbocycles. The third-order valence-electron chi connectivity index (χ3n) is 3.25. The van der Waals surface area contributed by atoms with E-state index in [4.69, 9.17) is 4.74 Å². The lowest BCUT2D eigenvalue weighted by Gasteiger charge is -2.32. The molecule has 0 atom stereocenters. The van der Waals surface area contributed by atoms with Gasteiger partial charge < -0.3 is 15.0 Å². The summed E-state index contributed by atoms with van der Waals surface area (Å²) in [5.74, 6) is -0.240. The Bertz CT molecular complexity index is 431. The lowest BCUT2D eigenvalue weighted by atomic mass is 10.0. The van der Waals surface area contributed by atoms with Crippen LogP contribution in [0.15, 0.2) is 24.3 Å². The fourth-order valence-corrected chi connectivity index (χ4v) is 2.22. The number of carbonyl (C=O) groups excluding carboxylic acids is 1. The highest BCUT2D eigenvalue weighted by Crippen LogP contribution is 2.19. The first kappa shape index (κ1) is 13.6. The summed E-state index contributed by atoms with van der Waals surface area (Å²) in [6.07, 6.45) is 1.34. The number of nitrogens with one attached hydrogen (secondary N) is 1. The molecule has 4 nitrogen and oxygen atoms in total. The van der Waals surface area contributed by atoms with Crippen LogP contribution in [0.2, 0.25) is 0 Å². The molecule has 0 aromatic heterocycles. The molecule has 19 heavy (non-hydrogen) atoms. The third kappa shape index (κ3) is 3.59. The van der Waals surface area contributed by atoms with Crippen molar-refractivity contribution in [3.63, 3.8) is 0 Å². The average molecular weight is 266 g/mol. The van der Waals surface area contributed by atoms with Gasteiger partial charge in [0.15, 0.2) is 0 Å². The first-order valence-corrected chi connectivity index (χ1v) is 6.63. The van der Waals surface area contributed by atoms with Crippen molar-refractivity contribution in [2.75, 3.05) is 25.0 Å². The Labute approximate surface area is 112 Å². The zero-order valence-electron chi connectivity index (χ0n) is 11.1. The summed E-state index contributed by atoms with van der Waals surface area (Å²) in [5.41, 5.74) is 0.525. The van der Waals surface area contributed by atoms with Crippen molar-refractivity contribution >= 4 is 11.8 Å². The molecular formula is C14H19FN2O2. The number of nitrogens with zero attached hydrogens (tertiary/aromatic N) is 1. The summed E-state index contributed by atoms with van der Waals surface area (Å²) in [6.45, 7) is 3.48. The summed E-state index contributed by atoms with van der Waals surface area (Å²) < 4.78 is 18.5. The largest absolute Gasteiger partial charge is 0.450 e. The van der Waals surface area contributed by atoms with Crippen molar-refractivity contribution in [2.45, 2.75) is 25.8 Å². The van der Waals surface area contributed by atoms with Crippen molar-refractivity contribution < 1.29 is 13.9 Å². The molecule has 1 aliphatic rings. The predicted molar refractivity (Wildman–Crippen MR) is 71.6 cm³/mol. The van der Waals surface area contributed by atoms with E-state index in [1.165, 1.54) is 6.07 Å². The van der Waals surface area contributed by atoms with Crippen molar-refractivity contribution in [2.24, 2.45) is 0 Å². The number of carbonyl (C=O) groups is 1. The number of piperidine rings is 1. The molecule has 1 aliphatic heterocycles. The van der Waals surface area contributed by atoms with Crippen LogP contribution in [0.25, 0.3) is 0 Å². The van der Waals surface area contributed by atoms with Crippen LogP contribution < -0.4 is 5.32 Å². The van der Waals surface area contributed by atoms with E-state index in [0.717, 1.165) is 12.8 Å². The van der Waals surface area contributed by atoms with E-state index >= 15 is 0 Å². The SMILES string of the molecule is CCOC(=O)N1CCC(Nc2ccccc2F)CC1. The molecule has 0 saturated carbocycles. The fourth-order valence-electron chi connectivity index (χ4n) is 2.22. The van der Waals surface area contributed by atoms with E-state index in [2.05, 4.69) is 5.32 Å². The molecule has 5 heteroatoms. The highest BCUT2D eigenvalue weighted by Gasteiger charge is 2.23. The van der Waals surface area contributed by atoms with Crippen molar-refractivity contribution in [3.05, 3.63) is 30.1 Å². The molecule has 104 valence electrons. The van der Waals surface area contributed by atoms with Gasteiger partial charge in [-0.3, -0.25) is 0 Å². The average Bonchev–Trinajstić information content (AvgIpc) is 2.42. The van der Waals surface area contributed by atoms with Gasteiger partial charge >= 0.3 is 6.09 Å².